The summed E-state index contributed by atoms with van der Waals surface area (Å²) in [6.07, 6.45) is 3.65. The fourth-order valence-electron chi connectivity index (χ4n) is 4.79. The second kappa shape index (κ2) is 12.1. The average Bonchev–Trinajstić information content (AvgIpc) is 3.13. The zero-order valence-electron chi connectivity index (χ0n) is 22.6. The third kappa shape index (κ3) is 6.39. The van der Waals surface area contributed by atoms with Gasteiger partial charge in [0.25, 0.3) is 11.8 Å². The van der Waals surface area contributed by atoms with Crippen LogP contribution < -0.4 is 22.1 Å². The summed E-state index contributed by atoms with van der Waals surface area (Å²) in [7, 11) is 0. The molecule has 9 nitrogen and oxygen atoms in total. The van der Waals surface area contributed by atoms with Crippen LogP contribution in [0.15, 0.2) is 71.2 Å². The van der Waals surface area contributed by atoms with Crippen LogP contribution in [0.3, 0.4) is 0 Å². The molecule has 0 atom stereocenters. The fourth-order valence-corrected chi connectivity index (χ4v) is 4.79. The van der Waals surface area contributed by atoms with Crippen molar-refractivity contribution >= 4 is 40.8 Å². The van der Waals surface area contributed by atoms with E-state index in [4.69, 9.17) is 16.3 Å². The number of nitrogens with zero attached hydrogens (tertiary/aromatic N) is 2. The Hall–Kier alpha value is -4.47. The predicted molar refractivity (Wildman–Crippen MR) is 158 cm³/mol. The van der Waals surface area contributed by atoms with Crippen molar-refractivity contribution in [3.05, 3.63) is 94.1 Å². The Morgan fingerprint density at radius 2 is 1.88 bits per heavy atom. The quantitative estimate of drug-likeness (QED) is 0.249. The molecule has 0 fully saturated rings. The third-order valence-electron chi connectivity index (χ3n) is 6.90. The van der Waals surface area contributed by atoms with Crippen LogP contribution in [0.5, 0.6) is 0 Å². The monoisotopic (exact) mass is 538 g/mol. The number of nitrogens with one attached hydrogen (secondary N) is 2. The van der Waals surface area contributed by atoms with Crippen molar-refractivity contribution in [2.75, 3.05) is 24.1 Å². The highest BCUT2D eigenvalue weighted by molar-refractivity contribution is 6.07. The maximum absolute atomic E-state index is 13.5. The Balaban J connectivity index is 1.32. The van der Waals surface area contributed by atoms with Gasteiger partial charge in [0, 0.05) is 47.6 Å². The van der Waals surface area contributed by atoms with E-state index in [0.29, 0.717) is 34.6 Å². The lowest BCUT2D eigenvalue weighted by Gasteiger charge is -2.22. The van der Waals surface area contributed by atoms with Crippen LogP contribution in [-0.4, -0.2) is 35.8 Å². The molecule has 2 amide bonds. The number of rotatable bonds is 8. The first-order chi connectivity index (χ1) is 19.4. The Bertz CT molecular complexity index is 1480. The molecule has 3 aromatic rings. The van der Waals surface area contributed by atoms with Gasteiger partial charge < -0.3 is 22.1 Å². The third-order valence-corrected chi connectivity index (χ3v) is 6.90. The van der Waals surface area contributed by atoms with Crippen LogP contribution in [0.4, 0.5) is 17.1 Å². The van der Waals surface area contributed by atoms with Gasteiger partial charge in [-0.1, -0.05) is 31.2 Å². The number of benzene rings is 3. The van der Waals surface area contributed by atoms with E-state index >= 15 is 0 Å². The van der Waals surface area contributed by atoms with Gasteiger partial charge in [-0.05, 0) is 78.6 Å². The van der Waals surface area contributed by atoms with Gasteiger partial charge >= 0.3 is 0 Å². The number of anilines is 2. The van der Waals surface area contributed by atoms with Gasteiger partial charge in [0.05, 0.1) is 5.69 Å². The zero-order valence-corrected chi connectivity index (χ0v) is 22.6. The van der Waals surface area contributed by atoms with Crippen LogP contribution in [0, 0.1) is 0 Å². The summed E-state index contributed by atoms with van der Waals surface area (Å²) in [5.41, 5.74) is 19.0. The molecule has 5 rings (SSSR count). The molecular formula is C31H34N6O3. The summed E-state index contributed by atoms with van der Waals surface area (Å²) in [5, 5.41) is 7.71. The van der Waals surface area contributed by atoms with E-state index in [1.807, 2.05) is 31.2 Å². The molecule has 0 saturated heterocycles. The molecule has 2 aliphatic heterocycles. The van der Waals surface area contributed by atoms with Gasteiger partial charge in [0.2, 0.25) is 0 Å². The second-order valence-corrected chi connectivity index (χ2v) is 10.0. The molecule has 2 heterocycles. The van der Waals surface area contributed by atoms with Crippen LogP contribution in [0.25, 0.3) is 6.08 Å². The molecule has 0 bridgehead atoms. The van der Waals surface area contributed by atoms with E-state index in [0.717, 1.165) is 37.2 Å². The summed E-state index contributed by atoms with van der Waals surface area (Å²) in [6.45, 7) is 4.40. The Morgan fingerprint density at radius 3 is 2.67 bits per heavy atom. The minimum Gasteiger partial charge on any atom is -0.399 e. The Kier molecular flexibility index (Phi) is 8.23. The highest BCUT2D eigenvalue weighted by Gasteiger charge is 2.23. The van der Waals surface area contributed by atoms with Crippen molar-refractivity contribution in [1.82, 2.24) is 10.4 Å². The first kappa shape index (κ1) is 27.1. The largest absolute Gasteiger partial charge is 0.399 e. The number of hydroxylamine groups is 2. The molecular weight excluding hydrogens is 504 g/mol. The standard InChI is InChI=1S/C31H34N6O3/c1-2-13-37(40-19-20-3-8-26(32)9-4-20)31(39)24-14-22-5-6-23(16-28(22)36-29(33)17-24)30(38)35-27-10-7-21-11-12-34-18-25(21)15-27/h3-10,14-16,34H,2,11-13,17-19,32H2,1H3,(H2,33,36)(H,35,38). The lowest BCUT2D eigenvalue weighted by Crippen LogP contribution is -2.34. The summed E-state index contributed by atoms with van der Waals surface area (Å²) < 4.78 is 0. The second-order valence-electron chi connectivity index (χ2n) is 10.0. The van der Waals surface area contributed by atoms with E-state index < -0.39 is 0 Å². The molecule has 0 saturated carbocycles. The molecule has 206 valence electrons. The minimum atomic E-state index is -0.271. The van der Waals surface area contributed by atoms with Gasteiger partial charge in [0.15, 0.2) is 0 Å². The molecule has 6 N–H and O–H groups in total. The SMILES string of the molecule is CCCN(OCc1ccc(N)cc1)C(=O)C1=Cc2ccc(C(=O)Nc3ccc4c(c3)CNCC4)cc2N=C(N)C1. The number of carbonyl (C=O) groups excluding carboxylic acids is 2. The van der Waals surface area contributed by atoms with E-state index in [9.17, 15) is 9.59 Å². The predicted octanol–water partition coefficient (Wildman–Crippen LogP) is 4.31. The van der Waals surface area contributed by atoms with E-state index in [1.165, 1.54) is 16.2 Å². The maximum atomic E-state index is 13.5. The molecule has 0 radical (unpaired) electrons. The number of nitrogens with two attached hydrogens (primary N) is 2. The summed E-state index contributed by atoms with van der Waals surface area (Å²) >= 11 is 0. The number of nitrogen functional groups attached to an aromatic ring is 1. The lowest BCUT2D eigenvalue weighted by atomic mass is 10.0. The normalized spacial score (nSPS) is 14.2. The number of hydrogen-bond acceptors (Lipinski definition) is 7. The number of amidine groups is 1. The summed E-state index contributed by atoms with van der Waals surface area (Å²) in [4.78, 5) is 37.0. The van der Waals surface area contributed by atoms with Crippen molar-refractivity contribution < 1.29 is 14.4 Å². The highest BCUT2D eigenvalue weighted by atomic mass is 16.7. The van der Waals surface area contributed by atoms with E-state index in [-0.39, 0.29) is 30.7 Å². The van der Waals surface area contributed by atoms with E-state index in [2.05, 4.69) is 21.7 Å². The topological polar surface area (TPSA) is 135 Å². The van der Waals surface area contributed by atoms with Gasteiger partial charge in [0.1, 0.15) is 12.4 Å². The minimum absolute atomic E-state index is 0.170. The van der Waals surface area contributed by atoms with Gasteiger partial charge in [-0.15, -0.1) is 0 Å². The number of hydrogen-bond donors (Lipinski definition) is 4. The van der Waals surface area contributed by atoms with Gasteiger partial charge in [-0.25, -0.2) is 10.1 Å². The van der Waals surface area contributed by atoms with Crippen molar-refractivity contribution in [3.8, 4) is 0 Å². The first-order valence-corrected chi connectivity index (χ1v) is 13.5. The molecule has 3 aromatic carbocycles. The molecule has 9 heteroatoms. The smallest absolute Gasteiger partial charge is 0.273 e. The van der Waals surface area contributed by atoms with Crippen LogP contribution >= 0.6 is 0 Å². The van der Waals surface area contributed by atoms with Crippen molar-refractivity contribution in [1.29, 1.82) is 0 Å². The number of fused-ring (bicyclic) bond motifs is 2. The van der Waals surface area contributed by atoms with E-state index in [1.54, 1.807) is 36.4 Å². The molecule has 2 aliphatic rings. The molecule has 0 spiro atoms. The lowest BCUT2D eigenvalue weighted by molar-refractivity contribution is -0.187. The van der Waals surface area contributed by atoms with Gasteiger partial charge in [-0.3, -0.25) is 14.4 Å². The van der Waals surface area contributed by atoms with Crippen molar-refractivity contribution in [3.63, 3.8) is 0 Å². The molecule has 0 aromatic heterocycles. The first-order valence-electron chi connectivity index (χ1n) is 13.5. The summed E-state index contributed by atoms with van der Waals surface area (Å²) in [6, 6.07) is 18.5. The number of aliphatic imine (C=N–C) groups is 1. The van der Waals surface area contributed by atoms with Crippen LogP contribution in [0.2, 0.25) is 0 Å². The van der Waals surface area contributed by atoms with Crippen molar-refractivity contribution in [2.45, 2.75) is 39.3 Å². The number of amides is 2. The van der Waals surface area contributed by atoms with Crippen LogP contribution in [-0.2, 0) is 29.2 Å². The molecule has 40 heavy (non-hydrogen) atoms. The molecule has 0 aliphatic carbocycles. The zero-order chi connectivity index (χ0) is 28.1. The fraction of sp³-hybridized carbons (Fsp3) is 0.258. The Labute approximate surface area is 233 Å². The average molecular weight is 539 g/mol. The van der Waals surface area contributed by atoms with Crippen LogP contribution in [0.1, 0.15) is 52.4 Å². The number of carbonyl (C=O) groups is 2. The maximum Gasteiger partial charge on any atom is 0.273 e. The van der Waals surface area contributed by atoms with Gasteiger partial charge in [-0.2, -0.15) is 0 Å². The van der Waals surface area contributed by atoms with Crippen molar-refractivity contribution in [2.24, 2.45) is 10.7 Å². The summed E-state index contributed by atoms with van der Waals surface area (Å²) in [5.74, 6) is -0.227. The molecule has 0 unspecified atom stereocenters. The highest BCUT2D eigenvalue weighted by Crippen LogP contribution is 2.29. The Morgan fingerprint density at radius 1 is 1.05 bits per heavy atom.